The molecule has 7 nitrogen and oxygen atoms in total. The molecule has 1 heterocycles. The van der Waals surface area contributed by atoms with Crippen molar-refractivity contribution in [3.05, 3.63) is 90.8 Å². The van der Waals surface area contributed by atoms with Crippen LogP contribution in [0.5, 0.6) is 11.5 Å². The number of halogens is 4. The van der Waals surface area contributed by atoms with Gasteiger partial charge in [0, 0.05) is 5.02 Å². The summed E-state index contributed by atoms with van der Waals surface area (Å²) >= 11 is 21.6. The predicted molar refractivity (Wildman–Crippen MR) is 147 cm³/mol. The number of nitrogens with zero attached hydrogens (tertiary/aromatic N) is 1. The Balaban J connectivity index is 1.66. The quantitative estimate of drug-likeness (QED) is 0.225. The summed E-state index contributed by atoms with van der Waals surface area (Å²) in [4.78, 5) is 39.0. The molecule has 37 heavy (non-hydrogen) atoms. The van der Waals surface area contributed by atoms with Gasteiger partial charge in [-0.15, -0.1) is 0 Å². The van der Waals surface area contributed by atoms with Gasteiger partial charge in [0.15, 0.2) is 11.5 Å². The molecule has 3 aromatic carbocycles. The maximum Gasteiger partial charge on any atom is 0.335 e. The summed E-state index contributed by atoms with van der Waals surface area (Å²) < 4.78 is 12.3. The van der Waals surface area contributed by atoms with Gasteiger partial charge in [-0.3, -0.25) is 14.9 Å². The Morgan fingerprint density at radius 3 is 2.46 bits per heavy atom. The number of amides is 4. The van der Waals surface area contributed by atoms with E-state index in [1.54, 1.807) is 48.5 Å². The molecule has 1 aliphatic rings. The molecule has 1 N–H and O–H groups in total. The second kappa shape index (κ2) is 11.6. The topological polar surface area (TPSA) is 84.9 Å². The van der Waals surface area contributed by atoms with Gasteiger partial charge in [0.1, 0.15) is 12.2 Å². The number of imide groups is 2. The third-order valence-corrected chi connectivity index (χ3v) is 6.74. The first-order valence-electron chi connectivity index (χ1n) is 10.9. The fraction of sp³-hybridized carbons (Fsp3) is 0.115. The van der Waals surface area contributed by atoms with Gasteiger partial charge in [-0.2, -0.15) is 0 Å². The standard InChI is InChI=1S/C26H18BrCl3N2O5/c1-2-36-22-11-15(9-19(27)23(22)37-13-14-6-7-20(29)21(30)10-14)8-18-24(33)31-26(35)32(25(18)34)17-5-3-4-16(28)12-17/h3-12H,2,13H2,1H3,(H,31,33,35)/b18-8+. The number of rotatable bonds is 7. The van der Waals surface area contributed by atoms with E-state index in [1.807, 2.05) is 6.92 Å². The maximum absolute atomic E-state index is 13.2. The zero-order chi connectivity index (χ0) is 26.7. The summed E-state index contributed by atoms with van der Waals surface area (Å²) in [6.45, 7) is 2.34. The molecule has 1 aliphatic heterocycles. The Bertz CT molecular complexity index is 1440. The lowest BCUT2D eigenvalue weighted by Gasteiger charge is -2.26. The maximum atomic E-state index is 13.2. The summed E-state index contributed by atoms with van der Waals surface area (Å²) in [6, 6.07) is 13.8. The van der Waals surface area contributed by atoms with Gasteiger partial charge in [-0.25, -0.2) is 9.69 Å². The first-order valence-corrected chi connectivity index (χ1v) is 12.8. The SMILES string of the molecule is CCOc1cc(/C=C2\C(=O)NC(=O)N(c3cccc(Cl)c3)C2=O)cc(Br)c1OCc1ccc(Cl)c(Cl)c1. The molecule has 0 aromatic heterocycles. The van der Waals surface area contributed by atoms with Crippen LogP contribution >= 0.6 is 50.7 Å². The molecule has 1 fully saturated rings. The Labute approximate surface area is 236 Å². The number of nitrogens with one attached hydrogen (secondary N) is 1. The summed E-state index contributed by atoms with van der Waals surface area (Å²) in [7, 11) is 0. The molecule has 4 amide bonds. The number of ether oxygens (including phenoxy) is 2. The van der Waals surface area contributed by atoms with Crippen LogP contribution in [0.1, 0.15) is 18.1 Å². The number of hydrogen-bond donors (Lipinski definition) is 1. The Morgan fingerprint density at radius 1 is 0.973 bits per heavy atom. The van der Waals surface area contributed by atoms with E-state index >= 15 is 0 Å². The van der Waals surface area contributed by atoms with Crippen molar-refractivity contribution in [2.75, 3.05) is 11.5 Å². The van der Waals surface area contributed by atoms with Crippen molar-refractivity contribution in [2.24, 2.45) is 0 Å². The van der Waals surface area contributed by atoms with Gasteiger partial charge in [0.05, 0.1) is 26.8 Å². The normalized spacial score (nSPS) is 14.7. The fourth-order valence-electron chi connectivity index (χ4n) is 3.53. The monoisotopic (exact) mass is 622 g/mol. The van der Waals surface area contributed by atoms with Crippen LogP contribution in [0.4, 0.5) is 10.5 Å². The molecule has 0 saturated carbocycles. The van der Waals surface area contributed by atoms with Crippen molar-refractivity contribution in [2.45, 2.75) is 13.5 Å². The Kier molecular flexibility index (Phi) is 8.44. The second-order valence-electron chi connectivity index (χ2n) is 7.74. The van der Waals surface area contributed by atoms with Gasteiger partial charge in [-0.1, -0.05) is 46.9 Å². The molecule has 0 unspecified atom stereocenters. The summed E-state index contributed by atoms with van der Waals surface area (Å²) in [5.74, 6) is -0.798. The number of carbonyl (C=O) groups is 3. The van der Waals surface area contributed by atoms with E-state index < -0.39 is 17.8 Å². The van der Waals surface area contributed by atoms with E-state index in [2.05, 4.69) is 21.2 Å². The van der Waals surface area contributed by atoms with E-state index in [9.17, 15) is 14.4 Å². The molecule has 11 heteroatoms. The lowest BCUT2D eigenvalue weighted by molar-refractivity contribution is -0.122. The summed E-state index contributed by atoms with van der Waals surface area (Å²) in [6.07, 6.45) is 1.37. The highest BCUT2D eigenvalue weighted by Gasteiger charge is 2.37. The Hall–Kier alpha value is -3.04. The van der Waals surface area contributed by atoms with E-state index in [-0.39, 0.29) is 17.9 Å². The van der Waals surface area contributed by atoms with Crippen LogP contribution < -0.4 is 19.7 Å². The molecule has 0 bridgehead atoms. The van der Waals surface area contributed by atoms with Crippen LogP contribution in [0.2, 0.25) is 15.1 Å². The zero-order valence-corrected chi connectivity index (χ0v) is 23.0. The van der Waals surface area contributed by atoms with Gasteiger partial charge >= 0.3 is 6.03 Å². The van der Waals surface area contributed by atoms with Crippen LogP contribution in [-0.4, -0.2) is 24.5 Å². The van der Waals surface area contributed by atoms with Crippen LogP contribution in [0.3, 0.4) is 0 Å². The van der Waals surface area contributed by atoms with Crippen molar-refractivity contribution >= 4 is 80.3 Å². The molecule has 0 radical (unpaired) electrons. The van der Waals surface area contributed by atoms with Crippen molar-refractivity contribution < 1.29 is 23.9 Å². The highest BCUT2D eigenvalue weighted by Crippen LogP contribution is 2.38. The van der Waals surface area contributed by atoms with Crippen molar-refractivity contribution in [1.82, 2.24) is 5.32 Å². The molecule has 0 aliphatic carbocycles. The minimum absolute atomic E-state index is 0.188. The summed E-state index contributed by atoms with van der Waals surface area (Å²) in [5.41, 5.74) is 1.26. The smallest absolute Gasteiger partial charge is 0.335 e. The number of barbiturate groups is 1. The van der Waals surface area contributed by atoms with E-state index in [0.717, 1.165) is 10.5 Å². The van der Waals surface area contributed by atoms with Crippen molar-refractivity contribution in [3.8, 4) is 11.5 Å². The van der Waals surface area contributed by atoms with Gasteiger partial charge < -0.3 is 9.47 Å². The average molecular weight is 625 g/mol. The first-order chi connectivity index (χ1) is 17.7. The number of carbonyl (C=O) groups excluding carboxylic acids is 3. The lowest BCUT2D eigenvalue weighted by atomic mass is 10.1. The van der Waals surface area contributed by atoms with Gasteiger partial charge in [0.25, 0.3) is 11.8 Å². The van der Waals surface area contributed by atoms with Crippen molar-refractivity contribution in [1.29, 1.82) is 0 Å². The fourth-order valence-corrected chi connectivity index (χ4v) is 4.61. The average Bonchev–Trinajstić information content (AvgIpc) is 2.83. The molecular weight excluding hydrogens is 607 g/mol. The molecule has 190 valence electrons. The zero-order valence-electron chi connectivity index (χ0n) is 19.2. The molecule has 0 spiro atoms. The second-order valence-corrected chi connectivity index (χ2v) is 9.84. The molecule has 0 atom stereocenters. The van der Waals surface area contributed by atoms with E-state index in [0.29, 0.717) is 43.2 Å². The van der Waals surface area contributed by atoms with E-state index in [4.69, 9.17) is 44.3 Å². The van der Waals surface area contributed by atoms with Gasteiger partial charge in [0.2, 0.25) is 0 Å². The number of hydrogen-bond acceptors (Lipinski definition) is 5. The van der Waals surface area contributed by atoms with Gasteiger partial charge in [-0.05, 0) is 82.5 Å². The number of anilines is 1. The molecular formula is C26H18BrCl3N2O5. The number of benzene rings is 3. The third kappa shape index (κ3) is 6.10. The molecule has 1 saturated heterocycles. The number of urea groups is 1. The minimum Gasteiger partial charge on any atom is -0.490 e. The largest absolute Gasteiger partial charge is 0.490 e. The van der Waals surface area contributed by atoms with Crippen LogP contribution in [0, 0.1) is 0 Å². The minimum atomic E-state index is -0.864. The Morgan fingerprint density at radius 2 is 1.76 bits per heavy atom. The third-order valence-electron chi connectivity index (χ3n) is 5.18. The van der Waals surface area contributed by atoms with Crippen LogP contribution in [0.15, 0.2) is 64.6 Å². The predicted octanol–water partition coefficient (Wildman–Crippen LogP) is 7.05. The van der Waals surface area contributed by atoms with Crippen LogP contribution in [-0.2, 0) is 16.2 Å². The highest BCUT2D eigenvalue weighted by molar-refractivity contribution is 9.10. The van der Waals surface area contributed by atoms with Crippen molar-refractivity contribution in [3.63, 3.8) is 0 Å². The molecule has 3 aromatic rings. The van der Waals surface area contributed by atoms with Crippen LogP contribution in [0.25, 0.3) is 6.08 Å². The highest BCUT2D eigenvalue weighted by atomic mass is 79.9. The lowest BCUT2D eigenvalue weighted by Crippen LogP contribution is -2.54. The molecule has 4 rings (SSSR count). The van der Waals surface area contributed by atoms with E-state index in [1.165, 1.54) is 12.1 Å². The summed E-state index contributed by atoms with van der Waals surface area (Å²) in [5, 5.41) is 3.38. The first kappa shape index (κ1) is 27.0.